The highest BCUT2D eigenvalue weighted by Gasteiger charge is 2.13. The van der Waals surface area contributed by atoms with Crippen LogP contribution in [-0.4, -0.2) is 11.5 Å². The van der Waals surface area contributed by atoms with Crippen molar-refractivity contribution in [2.75, 3.05) is 6.54 Å². The maximum atomic E-state index is 6.35. The molecule has 1 heterocycles. The maximum absolute atomic E-state index is 6.35. The standard InChI is InChI=1S/C17H21ClN2/c1-3-8-20-17(14-6-9-19-10-7-14)12-15-5-4-13(2)11-16(15)18/h4-7,9-11,17,20H,3,8,12H2,1-2H3. The molecule has 20 heavy (non-hydrogen) atoms. The summed E-state index contributed by atoms with van der Waals surface area (Å²) in [6.45, 7) is 5.23. The topological polar surface area (TPSA) is 24.9 Å². The van der Waals surface area contributed by atoms with Gasteiger partial charge < -0.3 is 5.32 Å². The summed E-state index contributed by atoms with van der Waals surface area (Å²) in [5.74, 6) is 0. The van der Waals surface area contributed by atoms with E-state index in [1.807, 2.05) is 18.5 Å². The molecule has 0 aliphatic rings. The van der Waals surface area contributed by atoms with E-state index in [1.165, 1.54) is 16.7 Å². The molecule has 1 atom stereocenters. The second-order valence-electron chi connectivity index (χ2n) is 5.09. The fourth-order valence-corrected chi connectivity index (χ4v) is 2.57. The van der Waals surface area contributed by atoms with Crippen LogP contribution in [0.4, 0.5) is 0 Å². The highest BCUT2D eigenvalue weighted by atomic mass is 35.5. The molecule has 0 bridgehead atoms. The van der Waals surface area contributed by atoms with Crippen molar-refractivity contribution >= 4 is 11.6 Å². The number of pyridine rings is 1. The van der Waals surface area contributed by atoms with Crippen molar-refractivity contribution in [3.63, 3.8) is 0 Å². The van der Waals surface area contributed by atoms with Gasteiger partial charge >= 0.3 is 0 Å². The number of aryl methyl sites for hydroxylation is 1. The summed E-state index contributed by atoms with van der Waals surface area (Å²) < 4.78 is 0. The fourth-order valence-electron chi connectivity index (χ4n) is 2.26. The Morgan fingerprint density at radius 3 is 2.60 bits per heavy atom. The van der Waals surface area contributed by atoms with Crippen molar-refractivity contribution in [2.45, 2.75) is 32.7 Å². The molecule has 1 aromatic carbocycles. The van der Waals surface area contributed by atoms with E-state index in [1.54, 1.807) is 0 Å². The van der Waals surface area contributed by atoms with Crippen molar-refractivity contribution in [3.8, 4) is 0 Å². The van der Waals surface area contributed by atoms with Crippen LogP contribution in [0, 0.1) is 6.92 Å². The average Bonchev–Trinajstić information content (AvgIpc) is 2.46. The molecule has 0 saturated heterocycles. The normalized spacial score (nSPS) is 12.3. The van der Waals surface area contributed by atoms with Crippen LogP contribution in [0.1, 0.15) is 36.1 Å². The fraction of sp³-hybridized carbons (Fsp3) is 0.353. The monoisotopic (exact) mass is 288 g/mol. The second-order valence-corrected chi connectivity index (χ2v) is 5.49. The third-order valence-corrected chi connectivity index (χ3v) is 3.73. The molecule has 0 aliphatic carbocycles. The van der Waals surface area contributed by atoms with E-state index in [0.29, 0.717) is 0 Å². The predicted molar refractivity (Wildman–Crippen MR) is 85.2 cm³/mol. The minimum absolute atomic E-state index is 0.276. The molecule has 0 amide bonds. The Kier molecular flexibility index (Phi) is 5.57. The van der Waals surface area contributed by atoms with E-state index in [9.17, 15) is 0 Å². The lowest BCUT2D eigenvalue weighted by atomic mass is 9.99. The van der Waals surface area contributed by atoms with Gasteiger partial charge in [0.25, 0.3) is 0 Å². The van der Waals surface area contributed by atoms with E-state index in [4.69, 9.17) is 11.6 Å². The summed E-state index contributed by atoms with van der Waals surface area (Å²) in [6.07, 6.45) is 5.69. The molecule has 0 spiro atoms. The Morgan fingerprint density at radius 2 is 1.95 bits per heavy atom. The van der Waals surface area contributed by atoms with E-state index in [-0.39, 0.29) is 6.04 Å². The first-order valence-electron chi connectivity index (χ1n) is 7.09. The first kappa shape index (κ1) is 15.0. The van der Waals surface area contributed by atoms with Crippen molar-refractivity contribution in [3.05, 3.63) is 64.4 Å². The number of hydrogen-bond acceptors (Lipinski definition) is 2. The van der Waals surface area contributed by atoms with Gasteiger partial charge in [0, 0.05) is 23.5 Å². The van der Waals surface area contributed by atoms with Crippen LogP contribution in [-0.2, 0) is 6.42 Å². The van der Waals surface area contributed by atoms with Crippen LogP contribution in [0.15, 0.2) is 42.7 Å². The molecule has 1 aromatic heterocycles. The lowest BCUT2D eigenvalue weighted by Gasteiger charge is -2.19. The molecule has 2 aromatic rings. The molecule has 0 aliphatic heterocycles. The molecule has 106 valence electrons. The van der Waals surface area contributed by atoms with E-state index >= 15 is 0 Å². The van der Waals surface area contributed by atoms with Crippen LogP contribution in [0.2, 0.25) is 5.02 Å². The van der Waals surface area contributed by atoms with Crippen molar-refractivity contribution in [1.82, 2.24) is 10.3 Å². The predicted octanol–water partition coefficient (Wildman–Crippen LogP) is 4.33. The van der Waals surface area contributed by atoms with Gasteiger partial charge in [-0.2, -0.15) is 0 Å². The summed E-state index contributed by atoms with van der Waals surface area (Å²) in [4.78, 5) is 4.09. The number of nitrogens with zero attached hydrogens (tertiary/aromatic N) is 1. The first-order valence-corrected chi connectivity index (χ1v) is 7.47. The lowest BCUT2D eigenvalue weighted by Crippen LogP contribution is -2.24. The number of hydrogen-bond donors (Lipinski definition) is 1. The van der Waals surface area contributed by atoms with Gasteiger partial charge in [0.15, 0.2) is 0 Å². The molecular formula is C17H21ClN2. The van der Waals surface area contributed by atoms with Gasteiger partial charge in [0.2, 0.25) is 0 Å². The number of aromatic nitrogens is 1. The van der Waals surface area contributed by atoms with Crippen molar-refractivity contribution < 1.29 is 0 Å². The molecule has 2 nitrogen and oxygen atoms in total. The third kappa shape index (κ3) is 4.06. The van der Waals surface area contributed by atoms with Gasteiger partial charge in [-0.25, -0.2) is 0 Å². The molecular weight excluding hydrogens is 268 g/mol. The Morgan fingerprint density at radius 1 is 1.20 bits per heavy atom. The highest BCUT2D eigenvalue weighted by molar-refractivity contribution is 6.31. The van der Waals surface area contributed by atoms with E-state index in [2.05, 4.69) is 48.4 Å². The van der Waals surface area contributed by atoms with Gasteiger partial charge in [0.1, 0.15) is 0 Å². The molecule has 0 radical (unpaired) electrons. The Balaban J connectivity index is 2.19. The smallest absolute Gasteiger partial charge is 0.0441 e. The van der Waals surface area contributed by atoms with Crippen molar-refractivity contribution in [1.29, 1.82) is 0 Å². The quantitative estimate of drug-likeness (QED) is 0.856. The third-order valence-electron chi connectivity index (χ3n) is 3.38. The molecule has 3 heteroatoms. The second kappa shape index (κ2) is 7.41. The number of rotatable bonds is 6. The highest BCUT2D eigenvalue weighted by Crippen LogP contribution is 2.24. The van der Waals surface area contributed by atoms with E-state index < -0.39 is 0 Å². The number of halogens is 1. The zero-order valence-corrected chi connectivity index (χ0v) is 12.8. The molecule has 0 saturated carbocycles. The largest absolute Gasteiger partial charge is 0.310 e. The zero-order chi connectivity index (χ0) is 14.4. The SMILES string of the molecule is CCCNC(Cc1ccc(C)cc1Cl)c1ccncc1. The summed E-state index contributed by atoms with van der Waals surface area (Å²) in [6, 6.07) is 10.7. The lowest BCUT2D eigenvalue weighted by molar-refractivity contribution is 0.529. The van der Waals surface area contributed by atoms with Crippen LogP contribution in [0.3, 0.4) is 0 Å². The average molecular weight is 289 g/mol. The Bertz CT molecular complexity index is 540. The zero-order valence-electron chi connectivity index (χ0n) is 12.1. The van der Waals surface area contributed by atoms with E-state index in [0.717, 1.165) is 24.4 Å². The summed E-state index contributed by atoms with van der Waals surface area (Å²) in [5, 5.41) is 4.44. The van der Waals surface area contributed by atoms with Gasteiger partial charge in [-0.05, 0) is 61.2 Å². The molecule has 0 fully saturated rings. The van der Waals surface area contributed by atoms with Crippen LogP contribution < -0.4 is 5.32 Å². The minimum atomic E-state index is 0.276. The van der Waals surface area contributed by atoms with Gasteiger partial charge in [-0.15, -0.1) is 0 Å². The number of nitrogens with one attached hydrogen (secondary N) is 1. The van der Waals surface area contributed by atoms with Gasteiger partial charge in [-0.3, -0.25) is 4.98 Å². The van der Waals surface area contributed by atoms with Crippen LogP contribution in [0.25, 0.3) is 0 Å². The Hall–Kier alpha value is -1.38. The van der Waals surface area contributed by atoms with Crippen LogP contribution >= 0.6 is 11.6 Å². The molecule has 2 rings (SSSR count). The summed E-state index contributed by atoms with van der Waals surface area (Å²) in [5.41, 5.74) is 3.63. The molecule has 1 N–H and O–H groups in total. The Labute approximate surface area is 126 Å². The van der Waals surface area contributed by atoms with Gasteiger partial charge in [-0.1, -0.05) is 30.7 Å². The maximum Gasteiger partial charge on any atom is 0.0441 e. The number of benzene rings is 1. The minimum Gasteiger partial charge on any atom is -0.310 e. The van der Waals surface area contributed by atoms with Crippen molar-refractivity contribution in [2.24, 2.45) is 0 Å². The van der Waals surface area contributed by atoms with Crippen LogP contribution in [0.5, 0.6) is 0 Å². The molecule has 1 unspecified atom stereocenters. The summed E-state index contributed by atoms with van der Waals surface area (Å²) >= 11 is 6.35. The first-order chi connectivity index (χ1) is 9.70. The summed E-state index contributed by atoms with van der Waals surface area (Å²) in [7, 11) is 0. The van der Waals surface area contributed by atoms with Gasteiger partial charge in [0.05, 0.1) is 0 Å².